The quantitative estimate of drug-likeness (QED) is 0.614. The van der Waals surface area contributed by atoms with E-state index in [4.69, 9.17) is 4.74 Å². The van der Waals surface area contributed by atoms with Crippen LogP contribution in [-0.2, 0) is 9.53 Å². The molecule has 1 atom stereocenters. The molecule has 0 aromatic carbocycles. The van der Waals surface area contributed by atoms with Crippen LogP contribution < -0.4 is 0 Å². The average Bonchev–Trinajstić information content (AvgIpc) is 2.13. The Morgan fingerprint density at radius 2 is 2.38 bits per heavy atom. The first-order valence-corrected chi connectivity index (χ1v) is 5.42. The molecular formula is C11H20O2. The van der Waals surface area contributed by atoms with E-state index in [9.17, 15) is 4.79 Å². The number of carbonyl (C=O) groups is 1. The van der Waals surface area contributed by atoms with Gasteiger partial charge in [-0.1, -0.05) is 0 Å². The van der Waals surface area contributed by atoms with Crippen LogP contribution in [0.1, 0.15) is 45.4 Å². The Kier molecular flexibility index (Phi) is 5.06. The first-order chi connectivity index (χ1) is 6.33. The van der Waals surface area contributed by atoms with Gasteiger partial charge in [0.15, 0.2) is 0 Å². The summed E-state index contributed by atoms with van der Waals surface area (Å²) in [5.41, 5.74) is 0. The van der Waals surface area contributed by atoms with Crippen molar-refractivity contribution in [3.8, 4) is 0 Å². The highest BCUT2D eigenvalue weighted by atomic mass is 16.5. The van der Waals surface area contributed by atoms with Crippen LogP contribution in [0.2, 0.25) is 0 Å². The number of Topliss-reactive ketones (excluding diaryl/α,β-unsaturated/α-hetero) is 1. The molecule has 1 unspecified atom stereocenters. The maximum Gasteiger partial charge on any atom is 0.133 e. The zero-order chi connectivity index (χ0) is 9.52. The van der Waals surface area contributed by atoms with Crippen molar-refractivity contribution in [2.24, 2.45) is 5.92 Å². The minimum atomic E-state index is 0.465. The van der Waals surface area contributed by atoms with Crippen molar-refractivity contribution in [1.82, 2.24) is 0 Å². The predicted octanol–water partition coefficient (Wildman–Crippen LogP) is 2.56. The normalized spacial score (nSPS) is 23.5. The van der Waals surface area contributed by atoms with Gasteiger partial charge in [0.25, 0.3) is 0 Å². The standard InChI is InChI=1S/C11H20O2/c1-2-13-8-4-6-10-5-3-7-11(12)9-10/h10H,2-9H2,1H3. The molecule has 0 aliphatic heterocycles. The average molecular weight is 184 g/mol. The lowest BCUT2D eigenvalue weighted by molar-refractivity contribution is -0.121. The molecule has 1 aliphatic carbocycles. The first kappa shape index (κ1) is 10.7. The highest BCUT2D eigenvalue weighted by molar-refractivity contribution is 5.79. The summed E-state index contributed by atoms with van der Waals surface area (Å²) >= 11 is 0. The lowest BCUT2D eigenvalue weighted by Crippen LogP contribution is -2.15. The third-order valence-electron chi connectivity index (χ3n) is 2.69. The van der Waals surface area contributed by atoms with Gasteiger partial charge in [-0.15, -0.1) is 0 Å². The molecule has 0 bridgehead atoms. The Balaban J connectivity index is 2.03. The minimum absolute atomic E-state index is 0.465. The Labute approximate surface area is 80.7 Å². The Morgan fingerprint density at radius 1 is 1.54 bits per heavy atom. The van der Waals surface area contributed by atoms with Gasteiger partial charge in [-0.2, -0.15) is 0 Å². The molecule has 0 saturated heterocycles. The van der Waals surface area contributed by atoms with Crippen LogP contribution in [0.4, 0.5) is 0 Å². The van der Waals surface area contributed by atoms with Gasteiger partial charge in [0.2, 0.25) is 0 Å². The van der Waals surface area contributed by atoms with Crippen LogP contribution in [0.15, 0.2) is 0 Å². The van der Waals surface area contributed by atoms with Gasteiger partial charge in [0.05, 0.1) is 0 Å². The number of ketones is 1. The van der Waals surface area contributed by atoms with Crippen molar-refractivity contribution in [2.45, 2.75) is 45.4 Å². The summed E-state index contributed by atoms with van der Waals surface area (Å²) in [5.74, 6) is 1.12. The van der Waals surface area contributed by atoms with E-state index in [2.05, 4.69) is 0 Å². The summed E-state index contributed by atoms with van der Waals surface area (Å²) < 4.78 is 5.27. The number of hydrogen-bond acceptors (Lipinski definition) is 2. The number of hydrogen-bond donors (Lipinski definition) is 0. The van der Waals surface area contributed by atoms with Crippen molar-refractivity contribution in [2.75, 3.05) is 13.2 Å². The molecule has 0 aromatic rings. The highest BCUT2D eigenvalue weighted by Gasteiger charge is 2.18. The van der Waals surface area contributed by atoms with Crippen LogP contribution in [-0.4, -0.2) is 19.0 Å². The van der Waals surface area contributed by atoms with Crippen molar-refractivity contribution < 1.29 is 9.53 Å². The molecule has 1 fully saturated rings. The lowest BCUT2D eigenvalue weighted by Gasteiger charge is -2.20. The molecule has 0 spiro atoms. The third-order valence-corrected chi connectivity index (χ3v) is 2.69. The molecule has 0 radical (unpaired) electrons. The summed E-state index contributed by atoms with van der Waals surface area (Å²) in [7, 11) is 0. The minimum Gasteiger partial charge on any atom is -0.382 e. The lowest BCUT2D eigenvalue weighted by atomic mass is 9.85. The molecule has 1 rings (SSSR count). The van der Waals surface area contributed by atoms with Gasteiger partial charge in [0.1, 0.15) is 5.78 Å². The van der Waals surface area contributed by atoms with Gasteiger partial charge >= 0.3 is 0 Å². The summed E-state index contributed by atoms with van der Waals surface area (Å²) in [6.07, 6.45) is 6.29. The summed E-state index contributed by atoms with van der Waals surface area (Å²) in [6.45, 7) is 3.69. The largest absolute Gasteiger partial charge is 0.382 e. The molecular weight excluding hydrogens is 164 g/mol. The van der Waals surface area contributed by atoms with Gasteiger partial charge < -0.3 is 4.74 Å². The van der Waals surface area contributed by atoms with Crippen LogP contribution in [0.25, 0.3) is 0 Å². The molecule has 0 amide bonds. The second kappa shape index (κ2) is 6.14. The molecule has 2 nitrogen and oxygen atoms in total. The number of carbonyl (C=O) groups excluding carboxylic acids is 1. The van der Waals surface area contributed by atoms with Crippen molar-refractivity contribution in [1.29, 1.82) is 0 Å². The third kappa shape index (κ3) is 4.41. The zero-order valence-electron chi connectivity index (χ0n) is 8.55. The molecule has 0 aromatic heterocycles. The van der Waals surface area contributed by atoms with Crippen LogP contribution >= 0.6 is 0 Å². The van der Waals surface area contributed by atoms with Gasteiger partial charge in [-0.25, -0.2) is 0 Å². The maximum absolute atomic E-state index is 11.1. The van der Waals surface area contributed by atoms with E-state index in [1.54, 1.807) is 0 Å². The zero-order valence-corrected chi connectivity index (χ0v) is 8.55. The van der Waals surface area contributed by atoms with E-state index in [-0.39, 0.29) is 0 Å². The summed E-state index contributed by atoms with van der Waals surface area (Å²) in [5, 5.41) is 0. The maximum atomic E-state index is 11.1. The van der Waals surface area contributed by atoms with Crippen molar-refractivity contribution in [3.63, 3.8) is 0 Å². The van der Waals surface area contributed by atoms with Crippen LogP contribution in [0, 0.1) is 5.92 Å². The molecule has 76 valence electrons. The first-order valence-electron chi connectivity index (χ1n) is 5.42. The molecule has 1 aliphatic rings. The molecule has 1 saturated carbocycles. The number of rotatable bonds is 5. The second-order valence-electron chi connectivity index (χ2n) is 3.84. The van der Waals surface area contributed by atoms with E-state index in [0.29, 0.717) is 11.7 Å². The van der Waals surface area contributed by atoms with E-state index in [1.807, 2.05) is 6.92 Å². The van der Waals surface area contributed by atoms with E-state index < -0.39 is 0 Å². The fourth-order valence-corrected chi connectivity index (χ4v) is 1.98. The van der Waals surface area contributed by atoms with Crippen molar-refractivity contribution in [3.05, 3.63) is 0 Å². The predicted molar refractivity (Wildman–Crippen MR) is 52.7 cm³/mol. The molecule has 13 heavy (non-hydrogen) atoms. The second-order valence-corrected chi connectivity index (χ2v) is 3.84. The van der Waals surface area contributed by atoms with Gasteiger partial charge in [-0.05, 0) is 38.5 Å². The van der Waals surface area contributed by atoms with Crippen LogP contribution in [0.5, 0.6) is 0 Å². The van der Waals surface area contributed by atoms with Crippen LogP contribution in [0.3, 0.4) is 0 Å². The van der Waals surface area contributed by atoms with E-state index in [1.165, 1.54) is 12.8 Å². The fraction of sp³-hybridized carbons (Fsp3) is 0.909. The van der Waals surface area contributed by atoms with E-state index >= 15 is 0 Å². The SMILES string of the molecule is CCOCCCC1CCCC(=O)C1. The Bertz CT molecular complexity index is 154. The smallest absolute Gasteiger partial charge is 0.133 e. The topological polar surface area (TPSA) is 26.3 Å². The summed E-state index contributed by atoms with van der Waals surface area (Å²) in [4.78, 5) is 11.1. The van der Waals surface area contributed by atoms with Gasteiger partial charge in [0, 0.05) is 26.1 Å². The Morgan fingerprint density at radius 3 is 3.08 bits per heavy atom. The van der Waals surface area contributed by atoms with E-state index in [0.717, 1.165) is 38.9 Å². The monoisotopic (exact) mass is 184 g/mol. The molecule has 0 N–H and O–H groups in total. The molecule has 0 heterocycles. The number of ether oxygens (including phenoxy) is 1. The van der Waals surface area contributed by atoms with Gasteiger partial charge in [-0.3, -0.25) is 4.79 Å². The van der Waals surface area contributed by atoms with Crippen molar-refractivity contribution >= 4 is 5.78 Å². The fourth-order valence-electron chi connectivity index (χ4n) is 1.98. The Hall–Kier alpha value is -0.370. The summed E-state index contributed by atoms with van der Waals surface area (Å²) in [6, 6.07) is 0. The highest BCUT2D eigenvalue weighted by Crippen LogP contribution is 2.25. The molecule has 2 heteroatoms.